The highest BCUT2D eigenvalue weighted by Gasteiger charge is 2.45. The number of hydrogen-bond donors (Lipinski definition) is 2. The molecule has 2 N–H and O–H groups in total. The average Bonchev–Trinajstić information content (AvgIpc) is 2.96. The molecular formula is C18H27N3O4. The Bertz CT molecular complexity index is 613. The molecule has 1 aliphatic heterocycles. The number of aromatic nitrogens is 1. The molecule has 0 aromatic carbocycles. The number of amides is 2. The smallest absolute Gasteiger partial charge is 0.233 e. The molecule has 2 atom stereocenters. The Morgan fingerprint density at radius 2 is 2.16 bits per heavy atom. The van der Waals surface area contributed by atoms with Gasteiger partial charge in [0.2, 0.25) is 17.7 Å². The Kier molecular flexibility index (Phi) is 6.36. The highest BCUT2D eigenvalue weighted by molar-refractivity contribution is 6.02. The molecule has 138 valence electrons. The van der Waals surface area contributed by atoms with E-state index in [-0.39, 0.29) is 29.7 Å². The zero-order chi connectivity index (χ0) is 18.4. The summed E-state index contributed by atoms with van der Waals surface area (Å²) in [6.45, 7) is 7.75. The lowest BCUT2D eigenvalue weighted by Crippen LogP contribution is -2.40. The fraction of sp³-hybridized carbons (Fsp3) is 0.611. The fourth-order valence-corrected chi connectivity index (χ4v) is 2.93. The second-order valence-corrected chi connectivity index (χ2v) is 7.22. The summed E-state index contributed by atoms with van der Waals surface area (Å²) in [7, 11) is 1.60. The molecule has 7 heteroatoms. The minimum atomic E-state index is -0.672. The van der Waals surface area contributed by atoms with Crippen LogP contribution in [-0.4, -0.2) is 43.7 Å². The summed E-state index contributed by atoms with van der Waals surface area (Å²) in [6, 6.07) is 3.62. The van der Waals surface area contributed by atoms with Gasteiger partial charge in [-0.25, -0.2) is 4.98 Å². The van der Waals surface area contributed by atoms with Gasteiger partial charge in [-0.2, -0.15) is 0 Å². The Labute approximate surface area is 148 Å². The van der Waals surface area contributed by atoms with Gasteiger partial charge in [0.1, 0.15) is 12.5 Å². The van der Waals surface area contributed by atoms with Crippen LogP contribution in [0.25, 0.3) is 0 Å². The molecule has 1 saturated heterocycles. The van der Waals surface area contributed by atoms with Gasteiger partial charge >= 0.3 is 0 Å². The second-order valence-electron chi connectivity index (χ2n) is 7.22. The molecule has 25 heavy (non-hydrogen) atoms. The summed E-state index contributed by atoms with van der Waals surface area (Å²) < 4.78 is 10.5. The monoisotopic (exact) mass is 349 g/mol. The summed E-state index contributed by atoms with van der Waals surface area (Å²) in [5.41, 5.74) is 0.627. The lowest BCUT2D eigenvalue weighted by Gasteiger charge is -2.29. The third-order valence-electron chi connectivity index (χ3n) is 4.41. The van der Waals surface area contributed by atoms with Crippen LogP contribution in [0.2, 0.25) is 0 Å². The fourth-order valence-electron chi connectivity index (χ4n) is 2.93. The highest BCUT2D eigenvalue weighted by Crippen LogP contribution is 2.35. The van der Waals surface area contributed by atoms with Crippen molar-refractivity contribution in [1.29, 1.82) is 0 Å². The van der Waals surface area contributed by atoms with E-state index in [9.17, 15) is 9.59 Å². The number of ether oxygens (including phenoxy) is 2. The van der Waals surface area contributed by atoms with Crippen LogP contribution >= 0.6 is 0 Å². The molecule has 1 aromatic heterocycles. The van der Waals surface area contributed by atoms with Crippen molar-refractivity contribution < 1.29 is 19.1 Å². The summed E-state index contributed by atoms with van der Waals surface area (Å²) in [4.78, 5) is 28.9. The Morgan fingerprint density at radius 3 is 2.84 bits per heavy atom. The highest BCUT2D eigenvalue weighted by atomic mass is 16.5. The number of rotatable bonds is 7. The summed E-state index contributed by atoms with van der Waals surface area (Å²) in [6.07, 6.45) is 1.63. The lowest BCUT2D eigenvalue weighted by molar-refractivity contribution is -0.135. The van der Waals surface area contributed by atoms with Crippen LogP contribution in [0.15, 0.2) is 18.3 Å². The normalized spacial score (nSPS) is 20.2. The van der Waals surface area contributed by atoms with Gasteiger partial charge in [0, 0.05) is 37.9 Å². The number of carbonyl (C=O) groups excluding carboxylic acids is 2. The Hall–Kier alpha value is -2.15. The molecule has 0 spiro atoms. The van der Waals surface area contributed by atoms with E-state index in [4.69, 9.17) is 9.47 Å². The van der Waals surface area contributed by atoms with Crippen LogP contribution in [0.3, 0.4) is 0 Å². The summed E-state index contributed by atoms with van der Waals surface area (Å²) >= 11 is 0. The van der Waals surface area contributed by atoms with E-state index in [2.05, 4.69) is 15.6 Å². The topological polar surface area (TPSA) is 89.6 Å². The van der Waals surface area contributed by atoms with Crippen molar-refractivity contribution in [3.63, 3.8) is 0 Å². The van der Waals surface area contributed by atoms with Crippen molar-refractivity contribution in [1.82, 2.24) is 15.6 Å². The molecule has 2 rings (SSSR count). The van der Waals surface area contributed by atoms with E-state index < -0.39 is 5.92 Å². The van der Waals surface area contributed by atoms with Gasteiger partial charge in [-0.05, 0) is 11.5 Å². The maximum absolute atomic E-state index is 12.6. The van der Waals surface area contributed by atoms with Gasteiger partial charge in [-0.15, -0.1) is 0 Å². The van der Waals surface area contributed by atoms with E-state index in [0.717, 1.165) is 5.56 Å². The zero-order valence-electron chi connectivity index (χ0n) is 15.3. The molecule has 2 unspecified atom stereocenters. The third kappa shape index (κ3) is 4.92. The first-order valence-corrected chi connectivity index (χ1v) is 8.45. The van der Waals surface area contributed by atoms with Crippen LogP contribution in [0, 0.1) is 17.3 Å². The predicted octanol–water partition coefficient (Wildman–Crippen LogP) is 1.13. The van der Waals surface area contributed by atoms with Crippen molar-refractivity contribution in [3.8, 4) is 5.88 Å². The molecule has 7 nitrogen and oxygen atoms in total. The van der Waals surface area contributed by atoms with E-state index in [1.54, 1.807) is 19.4 Å². The van der Waals surface area contributed by atoms with Crippen LogP contribution in [-0.2, 0) is 20.9 Å². The number of pyridine rings is 1. The van der Waals surface area contributed by atoms with Gasteiger partial charge in [-0.1, -0.05) is 26.8 Å². The molecule has 0 bridgehead atoms. The van der Waals surface area contributed by atoms with Crippen LogP contribution in [0.5, 0.6) is 5.88 Å². The predicted molar refractivity (Wildman–Crippen MR) is 92.9 cm³/mol. The third-order valence-corrected chi connectivity index (χ3v) is 4.41. The minimum Gasteiger partial charge on any atom is -0.475 e. The van der Waals surface area contributed by atoms with Crippen molar-refractivity contribution >= 4 is 11.8 Å². The van der Waals surface area contributed by atoms with Crippen LogP contribution < -0.4 is 15.4 Å². The minimum absolute atomic E-state index is 0.0358. The number of methoxy groups -OCH3 is 1. The summed E-state index contributed by atoms with van der Waals surface area (Å²) in [5, 5.41) is 5.65. The quantitative estimate of drug-likeness (QED) is 0.569. The molecule has 1 aliphatic rings. The molecule has 1 aromatic rings. The van der Waals surface area contributed by atoms with Crippen molar-refractivity contribution in [2.24, 2.45) is 17.3 Å². The molecular weight excluding hydrogens is 322 g/mol. The maximum Gasteiger partial charge on any atom is 0.233 e. The number of carbonyl (C=O) groups is 2. The lowest BCUT2D eigenvalue weighted by atomic mass is 9.74. The molecule has 2 amide bonds. The average molecular weight is 349 g/mol. The second kappa shape index (κ2) is 8.29. The van der Waals surface area contributed by atoms with Crippen LogP contribution in [0.1, 0.15) is 26.3 Å². The van der Waals surface area contributed by atoms with Gasteiger partial charge in [0.05, 0.1) is 6.61 Å². The number of nitrogens with zero attached hydrogens (tertiary/aromatic N) is 1. The maximum atomic E-state index is 12.6. The zero-order valence-corrected chi connectivity index (χ0v) is 15.3. The first-order valence-electron chi connectivity index (χ1n) is 8.45. The molecule has 2 heterocycles. The molecule has 1 fully saturated rings. The molecule has 0 radical (unpaired) electrons. The Balaban J connectivity index is 2.01. The first kappa shape index (κ1) is 19.2. The Morgan fingerprint density at radius 1 is 1.40 bits per heavy atom. The number of hydrogen-bond acceptors (Lipinski definition) is 5. The standard InChI is InChI=1S/C18H27N3O4/c1-18(2,3)13-11-21-16(23)14(13)15(22)20-10-12-6-5-7-19-17(12)25-9-8-24-4/h5-7,13-14H,8-11H2,1-4H3,(H,20,22)(H,21,23). The largest absolute Gasteiger partial charge is 0.475 e. The first-order chi connectivity index (χ1) is 11.8. The van der Waals surface area contributed by atoms with Crippen molar-refractivity contribution in [3.05, 3.63) is 23.9 Å². The summed E-state index contributed by atoms with van der Waals surface area (Å²) in [5.74, 6) is -0.717. The van der Waals surface area contributed by atoms with Gasteiger partial charge in [0.25, 0.3) is 0 Å². The van der Waals surface area contributed by atoms with Gasteiger partial charge < -0.3 is 20.1 Å². The van der Waals surface area contributed by atoms with Gasteiger partial charge in [-0.3, -0.25) is 9.59 Å². The van der Waals surface area contributed by atoms with E-state index in [1.807, 2.05) is 26.8 Å². The SMILES string of the molecule is COCCOc1ncccc1CNC(=O)C1C(=O)NCC1C(C)(C)C. The van der Waals surface area contributed by atoms with E-state index in [0.29, 0.717) is 25.6 Å². The molecule has 0 saturated carbocycles. The number of nitrogens with one attached hydrogen (secondary N) is 2. The van der Waals surface area contributed by atoms with Gasteiger partial charge in [0.15, 0.2) is 0 Å². The van der Waals surface area contributed by atoms with E-state index >= 15 is 0 Å². The van der Waals surface area contributed by atoms with Crippen molar-refractivity contribution in [2.45, 2.75) is 27.3 Å². The van der Waals surface area contributed by atoms with Crippen molar-refractivity contribution in [2.75, 3.05) is 26.9 Å². The van der Waals surface area contributed by atoms with E-state index in [1.165, 1.54) is 0 Å². The van der Waals surface area contributed by atoms with Crippen LogP contribution in [0.4, 0.5) is 0 Å². The molecule has 0 aliphatic carbocycles.